The van der Waals surface area contributed by atoms with Crippen LogP contribution in [0.5, 0.6) is 0 Å². The summed E-state index contributed by atoms with van der Waals surface area (Å²) in [4.78, 5) is 23.7. The molecule has 1 N–H and O–H groups in total. The van der Waals surface area contributed by atoms with Crippen molar-refractivity contribution in [3.63, 3.8) is 0 Å². The van der Waals surface area contributed by atoms with Crippen molar-refractivity contribution in [3.8, 4) is 0 Å². The van der Waals surface area contributed by atoms with E-state index in [1.807, 2.05) is 20.8 Å². The Morgan fingerprint density at radius 3 is 2.60 bits per heavy atom. The highest BCUT2D eigenvalue weighted by Gasteiger charge is 2.58. The van der Waals surface area contributed by atoms with Crippen LogP contribution in [0.4, 0.5) is 0 Å². The number of esters is 1. The molecule has 0 aliphatic carbocycles. The minimum atomic E-state index is -1.02. The molecule has 4 nitrogen and oxygen atoms in total. The smallest absolute Gasteiger partial charge is 0.334 e. The first-order chi connectivity index (χ1) is 6.83. The van der Waals surface area contributed by atoms with Crippen molar-refractivity contribution in [2.24, 2.45) is 0 Å². The molecule has 0 aromatic rings. The summed E-state index contributed by atoms with van der Waals surface area (Å²) in [6.07, 6.45) is 1.95. The molecule has 2 aliphatic rings. The molecule has 0 radical (unpaired) electrons. The highest BCUT2D eigenvalue weighted by Crippen LogP contribution is 2.36. The Balaban J connectivity index is 2.16. The van der Waals surface area contributed by atoms with Crippen LogP contribution in [0.1, 0.15) is 40.0 Å². The summed E-state index contributed by atoms with van der Waals surface area (Å²) in [5, 5.41) is 3.09. The van der Waals surface area contributed by atoms with E-state index in [1.165, 1.54) is 0 Å². The second-order valence-corrected chi connectivity index (χ2v) is 5.41. The molecule has 0 aromatic heterocycles. The topological polar surface area (TPSA) is 55.4 Å². The summed E-state index contributed by atoms with van der Waals surface area (Å²) >= 11 is 0. The van der Waals surface area contributed by atoms with Crippen molar-refractivity contribution in [2.45, 2.75) is 57.2 Å². The number of Topliss-reactive ketones (excluding diaryl/α,β-unsaturated/α-hetero) is 1. The third kappa shape index (κ3) is 1.67. The van der Waals surface area contributed by atoms with E-state index in [0.717, 1.165) is 6.42 Å². The van der Waals surface area contributed by atoms with Crippen LogP contribution in [0, 0.1) is 0 Å². The predicted octanol–water partition coefficient (Wildman–Crippen LogP) is 0.792. The van der Waals surface area contributed by atoms with E-state index in [9.17, 15) is 9.59 Å². The molecule has 4 heteroatoms. The molecular weight excluding hydrogens is 194 g/mol. The van der Waals surface area contributed by atoms with Gasteiger partial charge >= 0.3 is 5.97 Å². The number of nitrogens with one attached hydrogen (secondary N) is 1. The molecule has 2 fully saturated rings. The standard InChI is InChI=1S/C11H17NO3/c1-10(2,3)15-9(14)11-5-4-7(12-11)6-8(11)13/h7,12H,4-6H2,1-3H3. The second-order valence-electron chi connectivity index (χ2n) is 5.41. The number of carbonyl (C=O) groups excluding carboxylic acids is 2. The van der Waals surface area contributed by atoms with Gasteiger partial charge in [0.15, 0.2) is 11.3 Å². The summed E-state index contributed by atoms with van der Waals surface area (Å²) in [5.74, 6) is -0.409. The van der Waals surface area contributed by atoms with E-state index in [2.05, 4.69) is 5.32 Å². The highest BCUT2D eigenvalue weighted by molar-refractivity contribution is 6.11. The van der Waals surface area contributed by atoms with Gasteiger partial charge in [-0.15, -0.1) is 0 Å². The summed E-state index contributed by atoms with van der Waals surface area (Å²) in [6, 6.07) is 0.185. The van der Waals surface area contributed by atoms with Gasteiger partial charge in [-0.1, -0.05) is 0 Å². The van der Waals surface area contributed by atoms with Crippen LogP contribution >= 0.6 is 0 Å². The molecule has 0 saturated carbocycles. The summed E-state index contributed by atoms with van der Waals surface area (Å²) in [5.41, 5.74) is -1.55. The Labute approximate surface area is 89.4 Å². The fraction of sp³-hybridized carbons (Fsp3) is 0.818. The average molecular weight is 211 g/mol. The summed E-state index contributed by atoms with van der Waals surface area (Å²) in [7, 11) is 0. The van der Waals surface area contributed by atoms with E-state index in [-0.39, 0.29) is 11.8 Å². The highest BCUT2D eigenvalue weighted by atomic mass is 16.6. The van der Waals surface area contributed by atoms with Crippen LogP contribution in [0.25, 0.3) is 0 Å². The van der Waals surface area contributed by atoms with Gasteiger partial charge in [0.05, 0.1) is 0 Å². The summed E-state index contributed by atoms with van der Waals surface area (Å²) < 4.78 is 5.29. The molecule has 2 atom stereocenters. The molecule has 0 amide bonds. The van der Waals surface area contributed by atoms with Gasteiger partial charge in [-0.25, -0.2) is 4.79 Å². The molecule has 15 heavy (non-hydrogen) atoms. The quantitative estimate of drug-likeness (QED) is 0.514. The molecule has 2 heterocycles. The van der Waals surface area contributed by atoms with Gasteiger partial charge in [-0.05, 0) is 33.6 Å². The van der Waals surface area contributed by atoms with Crippen LogP contribution in [0.15, 0.2) is 0 Å². The van der Waals surface area contributed by atoms with Crippen molar-refractivity contribution in [2.75, 3.05) is 0 Å². The lowest BCUT2D eigenvalue weighted by atomic mass is 9.86. The van der Waals surface area contributed by atoms with E-state index in [1.54, 1.807) is 0 Å². The van der Waals surface area contributed by atoms with Gasteiger partial charge in [0.1, 0.15) is 5.60 Å². The number of fused-ring (bicyclic) bond motifs is 2. The summed E-state index contributed by atoms with van der Waals surface area (Å²) in [6.45, 7) is 5.44. The number of hydrogen-bond acceptors (Lipinski definition) is 4. The molecule has 84 valence electrons. The molecule has 2 rings (SSSR count). The Hall–Kier alpha value is -0.900. The molecule has 2 aliphatic heterocycles. The zero-order valence-corrected chi connectivity index (χ0v) is 9.42. The maximum Gasteiger partial charge on any atom is 0.334 e. The molecular formula is C11H17NO3. The average Bonchev–Trinajstić information content (AvgIpc) is 2.58. The second kappa shape index (κ2) is 3.04. The lowest BCUT2D eigenvalue weighted by Gasteiger charge is -2.28. The number of ketones is 1. The van der Waals surface area contributed by atoms with Crippen molar-refractivity contribution in [3.05, 3.63) is 0 Å². The van der Waals surface area contributed by atoms with Gasteiger partial charge < -0.3 is 4.74 Å². The zero-order valence-electron chi connectivity index (χ0n) is 9.42. The maximum absolute atomic E-state index is 11.9. The minimum Gasteiger partial charge on any atom is -0.458 e. The van der Waals surface area contributed by atoms with Gasteiger partial charge in [-0.2, -0.15) is 0 Å². The Morgan fingerprint density at radius 1 is 1.53 bits per heavy atom. The predicted molar refractivity (Wildman–Crippen MR) is 54.4 cm³/mol. The van der Waals surface area contributed by atoms with Crippen LogP contribution in [0.2, 0.25) is 0 Å². The van der Waals surface area contributed by atoms with E-state index in [4.69, 9.17) is 4.74 Å². The van der Waals surface area contributed by atoms with Crippen molar-refractivity contribution in [1.82, 2.24) is 5.32 Å². The van der Waals surface area contributed by atoms with Crippen LogP contribution in [-0.4, -0.2) is 28.9 Å². The van der Waals surface area contributed by atoms with Crippen molar-refractivity contribution >= 4 is 11.8 Å². The maximum atomic E-state index is 11.9. The Bertz CT molecular complexity index is 318. The van der Waals surface area contributed by atoms with E-state index >= 15 is 0 Å². The largest absolute Gasteiger partial charge is 0.458 e. The first-order valence-electron chi connectivity index (χ1n) is 5.38. The van der Waals surface area contributed by atoms with Gasteiger partial charge in [0, 0.05) is 12.5 Å². The lowest BCUT2D eigenvalue weighted by Crippen LogP contribution is -2.52. The van der Waals surface area contributed by atoms with Crippen LogP contribution in [-0.2, 0) is 14.3 Å². The third-order valence-corrected chi connectivity index (χ3v) is 2.97. The number of hydrogen-bond donors (Lipinski definition) is 1. The van der Waals surface area contributed by atoms with Crippen molar-refractivity contribution < 1.29 is 14.3 Å². The normalized spacial score (nSPS) is 34.6. The molecule has 0 spiro atoms. The van der Waals surface area contributed by atoms with Crippen molar-refractivity contribution in [1.29, 1.82) is 0 Å². The van der Waals surface area contributed by atoms with Gasteiger partial charge in [0.25, 0.3) is 0 Å². The number of rotatable bonds is 1. The van der Waals surface area contributed by atoms with Crippen LogP contribution in [0.3, 0.4) is 0 Å². The van der Waals surface area contributed by atoms with Gasteiger partial charge in [-0.3, -0.25) is 10.1 Å². The van der Waals surface area contributed by atoms with E-state index < -0.39 is 17.1 Å². The van der Waals surface area contributed by atoms with Gasteiger partial charge in [0.2, 0.25) is 0 Å². The molecule has 2 saturated heterocycles. The fourth-order valence-electron chi connectivity index (χ4n) is 2.29. The number of ether oxygens (including phenoxy) is 1. The SMILES string of the molecule is CC(C)(C)OC(=O)C12CCC(CC1=O)N2. The first kappa shape index (κ1) is 10.6. The van der Waals surface area contributed by atoms with Crippen LogP contribution < -0.4 is 5.32 Å². The minimum absolute atomic E-state index is 0.00648. The Morgan fingerprint density at radius 2 is 2.20 bits per heavy atom. The molecule has 2 bridgehead atoms. The number of carbonyl (C=O) groups is 2. The zero-order chi connectivity index (χ0) is 11.3. The monoisotopic (exact) mass is 211 g/mol. The third-order valence-electron chi connectivity index (χ3n) is 2.97. The molecule has 2 unspecified atom stereocenters. The lowest BCUT2D eigenvalue weighted by molar-refractivity contribution is -0.164. The molecule has 0 aromatic carbocycles. The Kier molecular flexibility index (Phi) is 2.15. The van der Waals surface area contributed by atoms with E-state index in [0.29, 0.717) is 12.8 Å². The fourth-order valence-corrected chi connectivity index (χ4v) is 2.29. The first-order valence-corrected chi connectivity index (χ1v) is 5.38.